The first-order chi connectivity index (χ1) is 7.47. The third kappa shape index (κ3) is 3.20. The van der Waals surface area contributed by atoms with Gasteiger partial charge in [0, 0.05) is 0 Å². The van der Waals surface area contributed by atoms with E-state index in [4.69, 9.17) is 20.9 Å². The minimum atomic E-state index is -1.31. The van der Waals surface area contributed by atoms with Gasteiger partial charge >= 0.3 is 13.1 Å². The summed E-state index contributed by atoms with van der Waals surface area (Å²) in [6.07, 6.45) is 4.76. The quantitative estimate of drug-likeness (QED) is 0.504. The Labute approximate surface area is 95.8 Å². The first kappa shape index (κ1) is 13.5. The van der Waals surface area contributed by atoms with Crippen molar-refractivity contribution in [3.63, 3.8) is 0 Å². The Morgan fingerprint density at radius 1 is 1.44 bits per heavy atom. The Bertz CT molecular complexity index is 249. The molecule has 92 valence electrons. The molecule has 0 heterocycles. The van der Waals surface area contributed by atoms with E-state index < -0.39 is 18.6 Å². The number of aliphatic carboxylic acids is 1. The van der Waals surface area contributed by atoms with Crippen molar-refractivity contribution >= 4 is 13.1 Å². The maximum atomic E-state index is 11.2. The minimum absolute atomic E-state index is 0.0440. The van der Waals surface area contributed by atoms with Crippen LogP contribution in [-0.4, -0.2) is 33.8 Å². The lowest BCUT2D eigenvalue weighted by atomic mass is 9.70. The molecule has 0 spiro atoms. The lowest BCUT2D eigenvalue weighted by Crippen LogP contribution is -2.55. The van der Waals surface area contributed by atoms with Gasteiger partial charge in [0.1, 0.15) is 5.54 Å². The van der Waals surface area contributed by atoms with E-state index in [1.54, 1.807) is 0 Å². The Balaban J connectivity index is 2.51. The summed E-state index contributed by atoms with van der Waals surface area (Å²) in [6, 6.07) is 0. The summed E-state index contributed by atoms with van der Waals surface area (Å²) in [4.78, 5) is 11.2. The van der Waals surface area contributed by atoms with E-state index in [2.05, 4.69) is 0 Å². The zero-order chi connectivity index (χ0) is 12.2. The molecule has 1 aliphatic rings. The van der Waals surface area contributed by atoms with Crippen LogP contribution in [0.25, 0.3) is 0 Å². The number of carboxylic acid groups (broad SMARTS) is 1. The summed E-state index contributed by atoms with van der Waals surface area (Å²) in [5, 5.41) is 26.6. The Morgan fingerprint density at radius 3 is 2.69 bits per heavy atom. The Morgan fingerprint density at radius 2 is 2.12 bits per heavy atom. The average Bonchev–Trinajstić information content (AvgIpc) is 2.20. The van der Waals surface area contributed by atoms with Gasteiger partial charge in [-0.1, -0.05) is 19.3 Å². The van der Waals surface area contributed by atoms with Crippen LogP contribution < -0.4 is 5.73 Å². The number of hydrogen-bond donors (Lipinski definition) is 4. The Kier molecular flexibility index (Phi) is 4.77. The molecule has 5 nitrogen and oxygen atoms in total. The lowest BCUT2D eigenvalue weighted by Gasteiger charge is -2.37. The van der Waals surface area contributed by atoms with E-state index in [-0.39, 0.29) is 12.2 Å². The van der Waals surface area contributed by atoms with E-state index in [1.807, 2.05) is 0 Å². The van der Waals surface area contributed by atoms with Gasteiger partial charge in [-0.2, -0.15) is 0 Å². The minimum Gasteiger partial charge on any atom is -0.480 e. The van der Waals surface area contributed by atoms with Crippen molar-refractivity contribution in [2.45, 2.75) is 50.4 Å². The molecule has 0 saturated heterocycles. The van der Waals surface area contributed by atoms with Gasteiger partial charge in [0.05, 0.1) is 0 Å². The fourth-order valence-corrected chi connectivity index (χ4v) is 2.50. The standard InChI is InChI=1S/C10H20BNO4/c12-10(9(13)14)6-2-1-4-8(10)5-3-7-11(15)16/h8,15-16H,1-7,12H2,(H,13,14)/t8-,10+/m1/s1. The van der Waals surface area contributed by atoms with Gasteiger partial charge < -0.3 is 20.9 Å². The van der Waals surface area contributed by atoms with Crippen LogP contribution in [0.2, 0.25) is 6.32 Å². The smallest absolute Gasteiger partial charge is 0.451 e. The summed E-state index contributed by atoms with van der Waals surface area (Å²) >= 11 is 0. The van der Waals surface area contributed by atoms with Crippen LogP contribution in [0.4, 0.5) is 0 Å². The molecule has 5 N–H and O–H groups in total. The van der Waals surface area contributed by atoms with Gasteiger partial charge in [0.2, 0.25) is 0 Å². The lowest BCUT2D eigenvalue weighted by molar-refractivity contribution is -0.147. The first-order valence-corrected chi connectivity index (χ1v) is 5.85. The highest BCUT2D eigenvalue weighted by Gasteiger charge is 2.43. The molecular weight excluding hydrogens is 209 g/mol. The van der Waals surface area contributed by atoms with Gasteiger partial charge in [-0.15, -0.1) is 0 Å². The van der Waals surface area contributed by atoms with Crippen molar-refractivity contribution in [3.05, 3.63) is 0 Å². The molecule has 0 radical (unpaired) electrons. The fourth-order valence-electron chi connectivity index (χ4n) is 2.50. The highest BCUT2D eigenvalue weighted by atomic mass is 16.4. The van der Waals surface area contributed by atoms with Crippen LogP contribution in [0.15, 0.2) is 0 Å². The molecule has 0 aromatic heterocycles. The van der Waals surface area contributed by atoms with E-state index in [9.17, 15) is 4.79 Å². The second kappa shape index (κ2) is 5.66. The zero-order valence-electron chi connectivity index (χ0n) is 9.43. The summed E-state index contributed by atoms with van der Waals surface area (Å²) in [7, 11) is -1.31. The molecular formula is C10H20BNO4. The first-order valence-electron chi connectivity index (χ1n) is 5.85. The normalized spacial score (nSPS) is 30.1. The average molecular weight is 229 g/mol. The van der Waals surface area contributed by atoms with E-state index >= 15 is 0 Å². The molecule has 0 amide bonds. The maximum Gasteiger partial charge on any atom is 0.451 e. The molecule has 16 heavy (non-hydrogen) atoms. The molecule has 1 saturated carbocycles. The van der Waals surface area contributed by atoms with Crippen molar-refractivity contribution < 1.29 is 19.9 Å². The number of nitrogens with two attached hydrogens (primary N) is 1. The van der Waals surface area contributed by atoms with Crippen LogP contribution >= 0.6 is 0 Å². The van der Waals surface area contributed by atoms with Crippen molar-refractivity contribution in [3.8, 4) is 0 Å². The van der Waals surface area contributed by atoms with Gasteiger partial charge in [-0.05, 0) is 31.5 Å². The number of hydrogen-bond acceptors (Lipinski definition) is 4. The van der Waals surface area contributed by atoms with Crippen LogP contribution in [-0.2, 0) is 4.79 Å². The van der Waals surface area contributed by atoms with E-state index in [0.29, 0.717) is 19.3 Å². The van der Waals surface area contributed by atoms with Crippen LogP contribution in [0.1, 0.15) is 38.5 Å². The molecule has 1 aliphatic carbocycles. The van der Waals surface area contributed by atoms with Crippen molar-refractivity contribution in [1.29, 1.82) is 0 Å². The van der Waals surface area contributed by atoms with Crippen LogP contribution in [0.3, 0.4) is 0 Å². The molecule has 0 unspecified atom stereocenters. The van der Waals surface area contributed by atoms with Crippen molar-refractivity contribution in [2.75, 3.05) is 0 Å². The second-order valence-electron chi connectivity index (χ2n) is 4.70. The molecule has 1 rings (SSSR count). The van der Waals surface area contributed by atoms with E-state index in [0.717, 1.165) is 19.3 Å². The maximum absolute atomic E-state index is 11.2. The third-order valence-corrected chi connectivity index (χ3v) is 3.53. The largest absolute Gasteiger partial charge is 0.480 e. The number of carbonyl (C=O) groups is 1. The van der Waals surface area contributed by atoms with Gasteiger partial charge in [0.25, 0.3) is 0 Å². The van der Waals surface area contributed by atoms with Crippen LogP contribution in [0, 0.1) is 5.92 Å². The Hall–Kier alpha value is -0.585. The van der Waals surface area contributed by atoms with Crippen LogP contribution in [0.5, 0.6) is 0 Å². The van der Waals surface area contributed by atoms with E-state index in [1.165, 1.54) is 0 Å². The molecule has 0 aromatic carbocycles. The van der Waals surface area contributed by atoms with Gasteiger partial charge in [0.15, 0.2) is 0 Å². The summed E-state index contributed by atoms with van der Waals surface area (Å²) in [5.74, 6) is -0.973. The number of rotatable bonds is 5. The van der Waals surface area contributed by atoms with Crippen molar-refractivity contribution in [1.82, 2.24) is 0 Å². The monoisotopic (exact) mass is 229 g/mol. The molecule has 6 heteroatoms. The topological polar surface area (TPSA) is 104 Å². The summed E-state index contributed by atoms with van der Waals surface area (Å²) in [6.45, 7) is 0. The predicted molar refractivity (Wildman–Crippen MR) is 60.7 cm³/mol. The molecule has 0 aliphatic heterocycles. The molecule has 2 atom stereocenters. The third-order valence-electron chi connectivity index (χ3n) is 3.53. The van der Waals surface area contributed by atoms with Gasteiger partial charge in [-0.3, -0.25) is 4.79 Å². The van der Waals surface area contributed by atoms with Gasteiger partial charge in [-0.25, -0.2) is 0 Å². The molecule has 1 fully saturated rings. The predicted octanol–water partition coefficient (Wildman–Crippen LogP) is 0.212. The molecule has 0 bridgehead atoms. The molecule has 0 aromatic rings. The fraction of sp³-hybridized carbons (Fsp3) is 0.900. The SMILES string of the molecule is N[C@@]1(C(=O)O)CCCC[C@@H]1CCCB(O)O. The summed E-state index contributed by atoms with van der Waals surface area (Å²) < 4.78 is 0. The summed E-state index contributed by atoms with van der Waals surface area (Å²) in [5.41, 5.74) is 4.83. The zero-order valence-corrected chi connectivity index (χ0v) is 9.43. The second-order valence-corrected chi connectivity index (χ2v) is 4.70. The highest BCUT2D eigenvalue weighted by Crippen LogP contribution is 2.35. The highest BCUT2D eigenvalue weighted by molar-refractivity contribution is 6.40. The number of carboxylic acids is 1. The van der Waals surface area contributed by atoms with Crippen molar-refractivity contribution in [2.24, 2.45) is 11.7 Å².